The normalized spacial score (nSPS) is 18.0. The van der Waals surface area contributed by atoms with Gasteiger partial charge >= 0.3 is 6.03 Å². The van der Waals surface area contributed by atoms with Crippen LogP contribution in [0.1, 0.15) is 36.8 Å². The Morgan fingerprint density at radius 1 is 1.14 bits per heavy atom. The van der Waals surface area contributed by atoms with E-state index in [4.69, 9.17) is 9.47 Å². The van der Waals surface area contributed by atoms with Gasteiger partial charge in [-0.05, 0) is 42.5 Å². The van der Waals surface area contributed by atoms with Gasteiger partial charge in [0, 0.05) is 19.1 Å². The first-order valence-electron chi connectivity index (χ1n) is 8.00. The van der Waals surface area contributed by atoms with Crippen LogP contribution in [0.15, 0.2) is 12.1 Å². The first-order chi connectivity index (χ1) is 10.7. The summed E-state index contributed by atoms with van der Waals surface area (Å²) in [6.07, 6.45) is 5.53. The Kier molecular flexibility index (Phi) is 4.41. The zero-order valence-corrected chi connectivity index (χ0v) is 13.4. The van der Waals surface area contributed by atoms with Crippen LogP contribution in [0, 0.1) is 0 Å². The Morgan fingerprint density at radius 3 is 2.41 bits per heavy atom. The Balaban J connectivity index is 1.71. The fourth-order valence-electron chi connectivity index (χ4n) is 3.39. The summed E-state index contributed by atoms with van der Waals surface area (Å²) in [7, 11) is 3.28. The summed E-state index contributed by atoms with van der Waals surface area (Å²) in [5, 5.41) is 3.16. The van der Waals surface area contributed by atoms with Gasteiger partial charge in [-0.25, -0.2) is 4.79 Å². The molecular formula is C17H24N2O3. The van der Waals surface area contributed by atoms with Gasteiger partial charge in [0.1, 0.15) is 0 Å². The average Bonchev–Trinajstić information content (AvgIpc) is 3.05. The molecule has 1 heterocycles. The maximum absolute atomic E-state index is 12.4. The minimum Gasteiger partial charge on any atom is -0.493 e. The van der Waals surface area contributed by atoms with E-state index in [-0.39, 0.29) is 6.03 Å². The molecule has 1 N–H and O–H groups in total. The maximum atomic E-state index is 12.4. The number of nitrogens with zero attached hydrogens (tertiary/aromatic N) is 1. The fourth-order valence-corrected chi connectivity index (χ4v) is 3.39. The molecule has 5 heteroatoms. The molecule has 0 radical (unpaired) electrons. The van der Waals surface area contributed by atoms with Crippen LogP contribution >= 0.6 is 0 Å². The van der Waals surface area contributed by atoms with Crippen molar-refractivity contribution in [2.24, 2.45) is 0 Å². The molecule has 0 bridgehead atoms. The molecule has 3 rings (SSSR count). The summed E-state index contributed by atoms with van der Waals surface area (Å²) in [4.78, 5) is 14.3. The van der Waals surface area contributed by atoms with Crippen molar-refractivity contribution in [1.82, 2.24) is 10.2 Å². The molecule has 1 fully saturated rings. The Bertz CT molecular complexity index is 553. The Hall–Kier alpha value is -1.91. The molecular weight excluding hydrogens is 280 g/mol. The highest BCUT2D eigenvalue weighted by Crippen LogP contribution is 2.33. The van der Waals surface area contributed by atoms with Gasteiger partial charge in [-0.1, -0.05) is 12.8 Å². The highest BCUT2D eigenvalue weighted by atomic mass is 16.5. The van der Waals surface area contributed by atoms with Gasteiger partial charge in [-0.15, -0.1) is 0 Å². The second kappa shape index (κ2) is 6.46. The van der Waals surface area contributed by atoms with Crippen LogP contribution in [0.4, 0.5) is 4.79 Å². The van der Waals surface area contributed by atoms with Crippen LogP contribution in [-0.2, 0) is 13.0 Å². The minimum atomic E-state index is 0.0623. The van der Waals surface area contributed by atoms with Crippen molar-refractivity contribution in [1.29, 1.82) is 0 Å². The van der Waals surface area contributed by atoms with Crippen LogP contribution < -0.4 is 14.8 Å². The lowest BCUT2D eigenvalue weighted by atomic mass is 9.99. The number of nitrogens with one attached hydrogen (secondary N) is 1. The van der Waals surface area contributed by atoms with Crippen LogP contribution in [-0.4, -0.2) is 37.7 Å². The Labute approximate surface area is 131 Å². The molecule has 0 saturated heterocycles. The largest absolute Gasteiger partial charge is 0.493 e. The summed E-state index contributed by atoms with van der Waals surface area (Å²) >= 11 is 0. The maximum Gasteiger partial charge on any atom is 0.317 e. The lowest BCUT2D eigenvalue weighted by Crippen LogP contribution is -2.45. The highest BCUT2D eigenvalue weighted by molar-refractivity contribution is 5.75. The standard InChI is InChI=1S/C17H24N2O3/c1-21-15-9-12-7-8-19(11-13(12)10-16(15)22-2)17(20)18-14-5-3-4-6-14/h9-10,14H,3-8,11H2,1-2H3,(H,18,20). The number of rotatable bonds is 3. The molecule has 2 amide bonds. The van der Waals surface area contributed by atoms with Crippen molar-refractivity contribution in [3.63, 3.8) is 0 Å². The average molecular weight is 304 g/mol. The number of benzene rings is 1. The van der Waals surface area contributed by atoms with E-state index < -0.39 is 0 Å². The molecule has 22 heavy (non-hydrogen) atoms. The van der Waals surface area contributed by atoms with Crippen molar-refractivity contribution in [2.45, 2.75) is 44.7 Å². The van der Waals surface area contributed by atoms with Crippen LogP contribution in [0.2, 0.25) is 0 Å². The van der Waals surface area contributed by atoms with Gasteiger partial charge in [0.25, 0.3) is 0 Å². The van der Waals surface area contributed by atoms with E-state index in [1.807, 2.05) is 17.0 Å². The number of carbonyl (C=O) groups is 1. The predicted octanol–water partition coefficient (Wildman–Crippen LogP) is 2.71. The SMILES string of the molecule is COc1cc2c(cc1OC)CN(C(=O)NC1CCCC1)CC2. The summed E-state index contributed by atoms with van der Waals surface area (Å²) in [5.74, 6) is 1.48. The van der Waals surface area contributed by atoms with Crippen molar-refractivity contribution < 1.29 is 14.3 Å². The van der Waals surface area contributed by atoms with Crippen molar-refractivity contribution >= 4 is 6.03 Å². The van der Waals surface area contributed by atoms with Crippen molar-refractivity contribution in [3.8, 4) is 11.5 Å². The van der Waals surface area contributed by atoms with Gasteiger partial charge < -0.3 is 19.7 Å². The lowest BCUT2D eigenvalue weighted by molar-refractivity contribution is 0.188. The summed E-state index contributed by atoms with van der Waals surface area (Å²) in [6.45, 7) is 1.38. The summed E-state index contributed by atoms with van der Waals surface area (Å²) in [5.41, 5.74) is 2.38. The van der Waals surface area contributed by atoms with Crippen LogP contribution in [0.5, 0.6) is 11.5 Å². The zero-order chi connectivity index (χ0) is 15.5. The topological polar surface area (TPSA) is 50.8 Å². The van der Waals surface area contributed by atoms with Gasteiger partial charge in [0.2, 0.25) is 0 Å². The molecule has 0 atom stereocenters. The first kappa shape index (κ1) is 15.0. The summed E-state index contributed by atoms with van der Waals surface area (Å²) < 4.78 is 10.7. The minimum absolute atomic E-state index is 0.0623. The van der Waals surface area contributed by atoms with Crippen molar-refractivity contribution in [2.75, 3.05) is 20.8 Å². The second-order valence-corrected chi connectivity index (χ2v) is 6.08. The third-order valence-electron chi connectivity index (χ3n) is 4.69. The molecule has 1 saturated carbocycles. The second-order valence-electron chi connectivity index (χ2n) is 6.08. The van der Waals surface area contributed by atoms with E-state index in [1.165, 1.54) is 18.4 Å². The van der Waals surface area contributed by atoms with E-state index >= 15 is 0 Å². The van der Waals surface area contributed by atoms with E-state index in [0.717, 1.165) is 42.9 Å². The van der Waals surface area contributed by atoms with Crippen LogP contribution in [0.3, 0.4) is 0 Å². The molecule has 1 aromatic carbocycles. The van der Waals surface area contributed by atoms with Gasteiger partial charge in [-0.2, -0.15) is 0 Å². The number of hydrogen-bond acceptors (Lipinski definition) is 3. The smallest absolute Gasteiger partial charge is 0.317 e. The first-order valence-corrected chi connectivity index (χ1v) is 8.00. The van der Waals surface area contributed by atoms with Gasteiger partial charge in [0.15, 0.2) is 11.5 Å². The van der Waals surface area contributed by atoms with E-state index in [2.05, 4.69) is 5.32 Å². The number of hydrogen-bond donors (Lipinski definition) is 1. The number of fused-ring (bicyclic) bond motifs is 1. The van der Waals surface area contributed by atoms with Gasteiger partial charge in [-0.3, -0.25) is 0 Å². The third-order valence-corrected chi connectivity index (χ3v) is 4.69. The van der Waals surface area contributed by atoms with E-state index in [0.29, 0.717) is 12.6 Å². The van der Waals surface area contributed by atoms with Crippen LogP contribution in [0.25, 0.3) is 0 Å². The fraction of sp³-hybridized carbons (Fsp3) is 0.588. The molecule has 0 aromatic heterocycles. The predicted molar refractivity (Wildman–Crippen MR) is 84.4 cm³/mol. The summed E-state index contributed by atoms with van der Waals surface area (Å²) in [6, 6.07) is 4.44. The molecule has 0 unspecified atom stereocenters. The number of urea groups is 1. The molecule has 1 aromatic rings. The highest BCUT2D eigenvalue weighted by Gasteiger charge is 2.25. The van der Waals surface area contributed by atoms with Crippen molar-refractivity contribution in [3.05, 3.63) is 23.3 Å². The van der Waals surface area contributed by atoms with E-state index in [1.54, 1.807) is 14.2 Å². The Morgan fingerprint density at radius 2 is 1.77 bits per heavy atom. The zero-order valence-electron chi connectivity index (χ0n) is 13.4. The third kappa shape index (κ3) is 2.98. The molecule has 5 nitrogen and oxygen atoms in total. The molecule has 1 aliphatic carbocycles. The quantitative estimate of drug-likeness (QED) is 0.934. The lowest BCUT2D eigenvalue weighted by Gasteiger charge is -2.30. The molecule has 1 aliphatic heterocycles. The van der Waals surface area contributed by atoms with E-state index in [9.17, 15) is 4.79 Å². The molecule has 0 spiro atoms. The number of ether oxygens (including phenoxy) is 2. The number of carbonyl (C=O) groups excluding carboxylic acids is 1. The van der Waals surface area contributed by atoms with Gasteiger partial charge in [0.05, 0.1) is 14.2 Å². The molecule has 120 valence electrons. The monoisotopic (exact) mass is 304 g/mol. The number of methoxy groups -OCH3 is 2. The number of amides is 2. The molecule has 2 aliphatic rings.